The normalized spacial score (nSPS) is 14.7. The number of rotatable bonds is 4. The number of hydrogen-bond acceptors (Lipinski definition) is 4. The molecule has 0 saturated heterocycles. The molecule has 0 aliphatic heterocycles. The molecule has 2 aromatic carbocycles. The van der Waals surface area contributed by atoms with E-state index < -0.39 is 9.84 Å². The van der Waals surface area contributed by atoms with Crippen molar-refractivity contribution in [1.82, 2.24) is 0 Å². The summed E-state index contributed by atoms with van der Waals surface area (Å²) in [6.45, 7) is 1.88. The van der Waals surface area contributed by atoms with Gasteiger partial charge in [-0.25, -0.2) is 8.42 Å². The van der Waals surface area contributed by atoms with Crippen molar-refractivity contribution in [2.75, 3.05) is 11.1 Å². The summed E-state index contributed by atoms with van der Waals surface area (Å²) in [7, 11) is -3.30. The monoisotopic (exact) mass is 394 g/mol. The lowest BCUT2D eigenvalue weighted by Gasteiger charge is -2.12. The van der Waals surface area contributed by atoms with Crippen LogP contribution < -0.4 is 11.1 Å². The van der Waals surface area contributed by atoms with Gasteiger partial charge in [-0.1, -0.05) is 18.9 Å². The highest BCUT2D eigenvalue weighted by Crippen LogP contribution is 2.29. The van der Waals surface area contributed by atoms with Gasteiger partial charge in [-0.05, 0) is 61.7 Å². The van der Waals surface area contributed by atoms with Crippen molar-refractivity contribution in [3.05, 3.63) is 53.6 Å². The fraction of sp³-hybridized carbons (Fsp3) is 0.316. The molecule has 0 atom stereocenters. The van der Waals surface area contributed by atoms with Crippen LogP contribution >= 0.6 is 12.4 Å². The number of nitrogens with two attached hydrogens (primary N) is 1. The third-order valence-corrected chi connectivity index (χ3v) is 6.97. The number of halogens is 1. The maximum atomic E-state index is 12.6. The molecule has 2 aromatic rings. The van der Waals surface area contributed by atoms with E-state index in [1.165, 1.54) is 12.1 Å². The van der Waals surface area contributed by atoms with Crippen molar-refractivity contribution in [3.63, 3.8) is 0 Å². The van der Waals surface area contributed by atoms with Crippen LogP contribution in [0, 0.1) is 6.92 Å². The van der Waals surface area contributed by atoms with Gasteiger partial charge in [0, 0.05) is 16.9 Å². The Morgan fingerprint density at radius 1 is 1.08 bits per heavy atom. The Balaban J connectivity index is 0.00000243. The van der Waals surface area contributed by atoms with Gasteiger partial charge in [0.25, 0.3) is 5.91 Å². The molecule has 0 unspecified atom stereocenters. The van der Waals surface area contributed by atoms with Crippen molar-refractivity contribution in [1.29, 1.82) is 0 Å². The van der Waals surface area contributed by atoms with Gasteiger partial charge >= 0.3 is 0 Å². The number of nitrogen functional groups attached to an aromatic ring is 1. The molecule has 0 aromatic heterocycles. The number of hydrogen-bond donors (Lipinski definition) is 2. The van der Waals surface area contributed by atoms with Crippen LogP contribution in [0.15, 0.2) is 47.4 Å². The van der Waals surface area contributed by atoms with Gasteiger partial charge in [-0.2, -0.15) is 0 Å². The molecule has 0 bridgehead atoms. The first-order chi connectivity index (χ1) is 11.9. The van der Waals surface area contributed by atoms with E-state index in [1.807, 2.05) is 13.0 Å². The van der Waals surface area contributed by atoms with Crippen molar-refractivity contribution in [3.8, 4) is 0 Å². The summed E-state index contributed by atoms with van der Waals surface area (Å²) in [5.74, 6) is -0.293. The van der Waals surface area contributed by atoms with Gasteiger partial charge < -0.3 is 11.1 Å². The number of nitrogens with one attached hydrogen (secondary N) is 1. The molecular formula is C19H23ClN2O3S. The first-order valence-electron chi connectivity index (χ1n) is 8.39. The summed E-state index contributed by atoms with van der Waals surface area (Å²) in [4.78, 5) is 12.7. The highest BCUT2D eigenvalue weighted by Gasteiger charge is 2.30. The molecule has 5 nitrogen and oxygen atoms in total. The number of anilines is 2. The zero-order valence-corrected chi connectivity index (χ0v) is 16.2. The smallest absolute Gasteiger partial charge is 0.255 e. The minimum absolute atomic E-state index is 0. The first kappa shape index (κ1) is 20.3. The summed E-state index contributed by atoms with van der Waals surface area (Å²) in [5, 5.41) is 2.52. The fourth-order valence-electron chi connectivity index (χ4n) is 3.16. The minimum atomic E-state index is -3.30. The third kappa shape index (κ3) is 4.19. The number of amides is 1. The van der Waals surface area contributed by atoms with Gasteiger partial charge in [-0.3, -0.25) is 4.79 Å². The predicted molar refractivity (Wildman–Crippen MR) is 107 cm³/mol. The van der Waals surface area contributed by atoms with E-state index >= 15 is 0 Å². The molecule has 0 spiro atoms. The van der Waals surface area contributed by atoms with Gasteiger partial charge in [0.2, 0.25) is 0 Å². The third-order valence-electron chi connectivity index (χ3n) is 4.70. The average Bonchev–Trinajstić information content (AvgIpc) is 3.13. The zero-order valence-electron chi connectivity index (χ0n) is 14.6. The van der Waals surface area contributed by atoms with Crippen LogP contribution in [0.25, 0.3) is 0 Å². The van der Waals surface area contributed by atoms with E-state index in [0.29, 0.717) is 16.9 Å². The summed E-state index contributed by atoms with van der Waals surface area (Å²) >= 11 is 0. The summed E-state index contributed by atoms with van der Waals surface area (Å²) in [5.41, 5.74) is 8.28. The topological polar surface area (TPSA) is 89.3 Å². The van der Waals surface area contributed by atoms with E-state index in [0.717, 1.165) is 31.2 Å². The quantitative estimate of drug-likeness (QED) is 0.768. The van der Waals surface area contributed by atoms with E-state index in [4.69, 9.17) is 5.73 Å². The minimum Gasteiger partial charge on any atom is -0.399 e. The molecule has 0 radical (unpaired) electrons. The van der Waals surface area contributed by atoms with Crippen LogP contribution in [0.5, 0.6) is 0 Å². The Labute approximate surface area is 160 Å². The SMILES string of the molecule is Cc1ccc(N)cc1NC(=O)c1ccc(S(=O)(=O)C2CCCC2)cc1.Cl. The summed E-state index contributed by atoms with van der Waals surface area (Å²) < 4.78 is 25.1. The second-order valence-corrected chi connectivity index (χ2v) is 8.73. The molecule has 3 rings (SSSR count). The zero-order chi connectivity index (χ0) is 18.0. The molecule has 140 valence electrons. The van der Waals surface area contributed by atoms with Crippen molar-refractivity contribution in [2.45, 2.75) is 42.8 Å². The molecule has 7 heteroatoms. The molecule has 3 N–H and O–H groups in total. The molecule has 1 saturated carbocycles. The molecule has 1 amide bonds. The lowest BCUT2D eigenvalue weighted by Crippen LogP contribution is -2.18. The second-order valence-electron chi connectivity index (χ2n) is 6.50. The largest absolute Gasteiger partial charge is 0.399 e. The van der Waals surface area contributed by atoms with Gasteiger partial charge in [0.05, 0.1) is 10.1 Å². The molecule has 1 aliphatic rings. The van der Waals surface area contributed by atoms with Crippen LogP contribution in [0.4, 0.5) is 11.4 Å². The highest BCUT2D eigenvalue weighted by molar-refractivity contribution is 7.92. The van der Waals surface area contributed by atoms with E-state index in [1.54, 1.807) is 24.3 Å². The standard InChI is InChI=1S/C19H22N2O3S.ClH/c1-13-6-9-15(20)12-18(13)21-19(22)14-7-10-17(11-8-14)25(23,24)16-4-2-3-5-16;/h6-12,16H,2-5,20H2,1H3,(H,21,22);1H. The Bertz CT molecular complexity index is 890. The van der Waals surface area contributed by atoms with Crippen molar-refractivity contribution >= 4 is 39.5 Å². The number of carbonyl (C=O) groups excluding carboxylic acids is 1. The molecule has 1 fully saturated rings. The molecular weight excluding hydrogens is 372 g/mol. The Hall–Kier alpha value is -2.05. The fourth-order valence-corrected chi connectivity index (χ4v) is 5.01. The average molecular weight is 395 g/mol. The summed E-state index contributed by atoms with van der Waals surface area (Å²) in [6, 6.07) is 11.5. The van der Waals surface area contributed by atoms with Crippen LogP contribution in [-0.2, 0) is 9.84 Å². The van der Waals surface area contributed by atoms with Gasteiger partial charge in [-0.15, -0.1) is 12.4 Å². The predicted octanol–water partition coefficient (Wildman–Crippen LogP) is 3.97. The first-order valence-corrected chi connectivity index (χ1v) is 9.94. The number of carbonyl (C=O) groups is 1. The highest BCUT2D eigenvalue weighted by atomic mass is 35.5. The number of benzene rings is 2. The number of aryl methyl sites for hydroxylation is 1. The van der Waals surface area contributed by atoms with Crippen LogP contribution in [0.2, 0.25) is 0 Å². The number of sulfone groups is 1. The Morgan fingerprint density at radius 3 is 2.31 bits per heavy atom. The molecule has 0 heterocycles. The van der Waals surface area contributed by atoms with Crippen molar-refractivity contribution in [2.24, 2.45) is 0 Å². The summed E-state index contributed by atoms with van der Waals surface area (Å²) in [6.07, 6.45) is 3.37. The van der Waals surface area contributed by atoms with Gasteiger partial charge in [0.1, 0.15) is 0 Å². The second kappa shape index (κ2) is 8.10. The maximum absolute atomic E-state index is 12.6. The Kier molecular flexibility index (Phi) is 6.31. The van der Waals surface area contributed by atoms with Gasteiger partial charge in [0.15, 0.2) is 9.84 Å². The van der Waals surface area contributed by atoms with E-state index in [2.05, 4.69) is 5.32 Å². The van der Waals surface area contributed by atoms with E-state index in [-0.39, 0.29) is 28.5 Å². The van der Waals surface area contributed by atoms with Crippen LogP contribution in [-0.4, -0.2) is 19.6 Å². The maximum Gasteiger partial charge on any atom is 0.255 e. The lowest BCUT2D eigenvalue weighted by atomic mass is 10.1. The Morgan fingerprint density at radius 2 is 1.69 bits per heavy atom. The van der Waals surface area contributed by atoms with Crippen LogP contribution in [0.3, 0.4) is 0 Å². The van der Waals surface area contributed by atoms with Crippen LogP contribution in [0.1, 0.15) is 41.6 Å². The molecule has 1 aliphatic carbocycles. The molecule has 26 heavy (non-hydrogen) atoms. The van der Waals surface area contributed by atoms with Crippen molar-refractivity contribution < 1.29 is 13.2 Å². The lowest BCUT2D eigenvalue weighted by molar-refractivity contribution is 0.102. The van der Waals surface area contributed by atoms with E-state index in [9.17, 15) is 13.2 Å².